The molecule has 0 aliphatic carbocycles. The molecule has 90 valence electrons. The molecule has 0 saturated carbocycles. The summed E-state index contributed by atoms with van der Waals surface area (Å²) in [6.07, 6.45) is 3.40. The number of benzene rings is 1. The van der Waals surface area contributed by atoms with Crippen LogP contribution in [0.25, 0.3) is 0 Å². The summed E-state index contributed by atoms with van der Waals surface area (Å²) in [5.74, 6) is 0. The second-order valence-corrected chi connectivity index (χ2v) is 4.21. The van der Waals surface area contributed by atoms with Gasteiger partial charge in [0.25, 0.3) is 0 Å². The maximum atomic E-state index is 9.17. The van der Waals surface area contributed by atoms with E-state index in [-0.39, 0.29) is 6.04 Å². The molecule has 18 heavy (non-hydrogen) atoms. The molecule has 1 aromatic heterocycles. The Morgan fingerprint density at radius 1 is 1.17 bits per heavy atom. The number of hydrogen-bond acceptors (Lipinski definition) is 3. The maximum Gasteiger partial charge on any atom is 0.121 e. The first-order valence-corrected chi connectivity index (χ1v) is 5.88. The van der Waals surface area contributed by atoms with E-state index in [1.54, 1.807) is 12.4 Å². The third-order valence-electron chi connectivity index (χ3n) is 2.80. The van der Waals surface area contributed by atoms with E-state index in [2.05, 4.69) is 47.6 Å². The zero-order valence-corrected chi connectivity index (χ0v) is 10.3. The smallest absolute Gasteiger partial charge is 0.121 e. The van der Waals surface area contributed by atoms with Gasteiger partial charge in [0.15, 0.2) is 0 Å². The van der Waals surface area contributed by atoms with Crippen LogP contribution in [0.5, 0.6) is 0 Å². The number of hydrogen-bond donors (Lipinski definition) is 1. The molecule has 0 saturated heterocycles. The fourth-order valence-electron chi connectivity index (χ4n) is 1.72. The van der Waals surface area contributed by atoms with Crippen molar-refractivity contribution < 1.29 is 0 Å². The van der Waals surface area contributed by atoms with Crippen LogP contribution < -0.4 is 5.32 Å². The number of rotatable bonds is 4. The lowest BCUT2D eigenvalue weighted by molar-refractivity contribution is 0.630. The summed E-state index contributed by atoms with van der Waals surface area (Å²) >= 11 is 0. The molecule has 1 atom stereocenters. The fraction of sp³-hybridized carbons (Fsp3) is 0.200. The van der Waals surface area contributed by atoms with Gasteiger partial charge in [0, 0.05) is 18.9 Å². The van der Waals surface area contributed by atoms with Crippen LogP contribution in [0.4, 0.5) is 0 Å². The third kappa shape index (κ3) is 3.16. The molecule has 0 radical (unpaired) electrons. The third-order valence-corrected chi connectivity index (χ3v) is 2.80. The topological polar surface area (TPSA) is 48.7 Å². The number of nitrogens with one attached hydrogen (secondary N) is 1. The predicted molar refractivity (Wildman–Crippen MR) is 70.6 cm³/mol. The largest absolute Gasteiger partial charge is 0.294 e. The minimum atomic E-state index is -0.297. The Morgan fingerprint density at radius 2 is 1.83 bits per heavy atom. The Hall–Kier alpha value is -2.18. The minimum absolute atomic E-state index is 0.297. The van der Waals surface area contributed by atoms with Gasteiger partial charge in [-0.1, -0.05) is 29.8 Å². The fourth-order valence-corrected chi connectivity index (χ4v) is 1.72. The van der Waals surface area contributed by atoms with Gasteiger partial charge in [-0.15, -0.1) is 0 Å². The van der Waals surface area contributed by atoms with Crippen molar-refractivity contribution in [2.45, 2.75) is 19.5 Å². The van der Waals surface area contributed by atoms with E-state index >= 15 is 0 Å². The summed E-state index contributed by atoms with van der Waals surface area (Å²) < 4.78 is 0. The molecule has 0 bridgehead atoms. The van der Waals surface area contributed by atoms with Gasteiger partial charge in [0.2, 0.25) is 0 Å². The quantitative estimate of drug-likeness (QED) is 0.889. The summed E-state index contributed by atoms with van der Waals surface area (Å²) in [7, 11) is 0. The second-order valence-electron chi connectivity index (χ2n) is 4.21. The Morgan fingerprint density at radius 3 is 2.44 bits per heavy atom. The van der Waals surface area contributed by atoms with Gasteiger partial charge in [-0.25, -0.2) is 0 Å². The zero-order valence-electron chi connectivity index (χ0n) is 10.3. The normalized spacial score (nSPS) is 11.8. The first kappa shape index (κ1) is 12.3. The number of nitrogens with zero attached hydrogens (tertiary/aromatic N) is 2. The van der Waals surface area contributed by atoms with Gasteiger partial charge in [-0.05, 0) is 30.2 Å². The van der Waals surface area contributed by atoms with Gasteiger partial charge in [0.05, 0.1) is 6.07 Å². The molecular formula is C15H15N3. The van der Waals surface area contributed by atoms with Crippen molar-refractivity contribution in [2.75, 3.05) is 0 Å². The SMILES string of the molecule is Cc1ccc(CNC(C#N)c2ccncc2)cc1. The Bertz CT molecular complexity index is 526. The Kier molecular flexibility index (Phi) is 4.06. The van der Waals surface area contributed by atoms with Crippen molar-refractivity contribution in [3.8, 4) is 6.07 Å². The summed E-state index contributed by atoms with van der Waals surface area (Å²) in [4.78, 5) is 3.95. The molecule has 1 aromatic carbocycles. The van der Waals surface area contributed by atoms with Gasteiger partial charge < -0.3 is 0 Å². The van der Waals surface area contributed by atoms with Crippen LogP contribution in [-0.2, 0) is 6.54 Å². The van der Waals surface area contributed by atoms with Crippen molar-refractivity contribution in [3.63, 3.8) is 0 Å². The first-order chi connectivity index (χ1) is 8.79. The number of nitriles is 1. The highest BCUT2D eigenvalue weighted by molar-refractivity contribution is 5.24. The van der Waals surface area contributed by atoms with E-state index in [1.807, 2.05) is 12.1 Å². The molecular weight excluding hydrogens is 222 g/mol. The van der Waals surface area contributed by atoms with Gasteiger partial charge >= 0.3 is 0 Å². The molecule has 2 rings (SSSR count). The van der Waals surface area contributed by atoms with E-state index in [4.69, 9.17) is 5.26 Å². The van der Waals surface area contributed by atoms with E-state index in [1.165, 1.54) is 11.1 Å². The zero-order chi connectivity index (χ0) is 12.8. The van der Waals surface area contributed by atoms with E-state index in [0.717, 1.165) is 5.56 Å². The monoisotopic (exact) mass is 237 g/mol. The molecule has 1 heterocycles. The van der Waals surface area contributed by atoms with Gasteiger partial charge in [0.1, 0.15) is 6.04 Å². The Balaban J connectivity index is 2.00. The summed E-state index contributed by atoms with van der Waals surface area (Å²) in [5.41, 5.74) is 3.36. The van der Waals surface area contributed by atoms with E-state index in [0.29, 0.717) is 6.54 Å². The van der Waals surface area contributed by atoms with Crippen LogP contribution in [0.2, 0.25) is 0 Å². The van der Waals surface area contributed by atoms with E-state index in [9.17, 15) is 0 Å². The highest BCUT2D eigenvalue weighted by Gasteiger charge is 2.08. The molecule has 0 aliphatic heterocycles. The molecule has 2 aromatic rings. The van der Waals surface area contributed by atoms with Crippen LogP contribution in [0.15, 0.2) is 48.8 Å². The molecule has 3 nitrogen and oxygen atoms in total. The van der Waals surface area contributed by atoms with Crippen LogP contribution in [-0.4, -0.2) is 4.98 Å². The van der Waals surface area contributed by atoms with Gasteiger partial charge in [-0.2, -0.15) is 5.26 Å². The molecule has 1 N–H and O–H groups in total. The highest BCUT2D eigenvalue weighted by Crippen LogP contribution is 2.11. The van der Waals surface area contributed by atoms with Crippen molar-refractivity contribution in [2.24, 2.45) is 0 Å². The molecule has 0 aliphatic rings. The van der Waals surface area contributed by atoms with Crippen molar-refractivity contribution in [1.82, 2.24) is 10.3 Å². The predicted octanol–water partition coefficient (Wildman–Crippen LogP) is 2.74. The van der Waals surface area contributed by atoms with Crippen molar-refractivity contribution in [3.05, 3.63) is 65.5 Å². The van der Waals surface area contributed by atoms with Crippen LogP contribution in [0, 0.1) is 18.3 Å². The second kappa shape index (κ2) is 5.95. The average Bonchev–Trinajstić information content (AvgIpc) is 2.43. The summed E-state index contributed by atoms with van der Waals surface area (Å²) in [6, 6.07) is 14.0. The lowest BCUT2D eigenvalue weighted by Crippen LogP contribution is -2.19. The van der Waals surface area contributed by atoms with Gasteiger partial charge in [-0.3, -0.25) is 10.3 Å². The standard InChI is InChI=1S/C15H15N3/c1-12-2-4-13(5-3-12)11-18-15(10-16)14-6-8-17-9-7-14/h2-9,15,18H,11H2,1H3. The minimum Gasteiger partial charge on any atom is -0.294 e. The number of pyridine rings is 1. The maximum absolute atomic E-state index is 9.17. The van der Waals surface area contributed by atoms with Crippen molar-refractivity contribution >= 4 is 0 Å². The molecule has 1 unspecified atom stereocenters. The lowest BCUT2D eigenvalue weighted by Gasteiger charge is -2.11. The highest BCUT2D eigenvalue weighted by atomic mass is 14.9. The van der Waals surface area contributed by atoms with Crippen molar-refractivity contribution in [1.29, 1.82) is 5.26 Å². The van der Waals surface area contributed by atoms with E-state index < -0.39 is 0 Å². The van der Waals surface area contributed by atoms with Crippen LogP contribution in [0.1, 0.15) is 22.7 Å². The molecule has 3 heteroatoms. The summed E-state index contributed by atoms with van der Waals surface area (Å²) in [6.45, 7) is 2.74. The Labute approximate surface area is 107 Å². The first-order valence-electron chi connectivity index (χ1n) is 5.88. The molecule has 0 spiro atoms. The molecule has 0 fully saturated rings. The number of aromatic nitrogens is 1. The average molecular weight is 237 g/mol. The molecule has 0 amide bonds. The summed E-state index contributed by atoms with van der Waals surface area (Å²) in [5, 5.41) is 12.4. The number of aryl methyl sites for hydroxylation is 1. The van der Waals surface area contributed by atoms with Crippen LogP contribution in [0.3, 0.4) is 0 Å². The lowest BCUT2D eigenvalue weighted by atomic mass is 10.1. The van der Waals surface area contributed by atoms with Crippen LogP contribution >= 0.6 is 0 Å².